The van der Waals surface area contributed by atoms with Gasteiger partial charge in [-0.1, -0.05) is 190 Å². The van der Waals surface area contributed by atoms with Crippen LogP contribution in [0.25, 0.3) is 0 Å². The Bertz CT molecular complexity index is 1250. The Morgan fingerprint density at radius 3 is 1.38 bits per heavy atom. The zero-order chi connectivity index (χ0) is 44.2. The highest BCUT2D eigenvalue weighted by molar-refractivity contribution is 7.47. The molecule has 0 saturated heterocycles. The van der Waals surface area contributed by atoms with Crippen molar-refractivity contribution < 1.29 is 47.5 Å². The van der Waals surface area contributed by atoms with Crippen molar-refractivity contribution >= 4 is 25.7 Å². The minimum Gasteiger partial charge on any atom is -0.480 e. The summed E-state index contributed by atoms with van der Waals surface area (Å²) in [6, 6.07) is -1.53. The number of ether oxygens (including phenoxy) is 2. The fraction of sp³-hybridized carbons (Fsp3) is 0.729. The Balaban J connectivity index is 4.44. The van der Waals surface area contributed by atoms with Gasteiger partial charge >= 0.3 is 25.7 Å². The van der Waals surface area contributed by atoms with E-state index >= 15 is 0 Å². The van der Waals surface area contributed by atoms with Crippen LogP contribution in [0.4, 0.5) is 0 Å². The number of carbonyl (C=O) groups excluding carboxylic acids is 2. The average Bonchev–Trinajstić information content (AvgIpc) is 3.22. The van der Waals surface area contributed by atoms with Gasteiger partial charge in [0.1, 0.15) is 12.6 Å². The van der Waals surface area contributed by atoms with Gasteiger partial charge < -0.3 is 25.2 Å². The van der Waals surface area contributed by atoms with Gasteiger partial charge in [-0.25, -0.2) is 4.57 Å². The van der Waals surface area contributed by atoms with Crippen molar-refractivity contribution in [3.8, 4) is 0 Å². The summed E-state index contributed by atoms with van der Waals surface area (Å²) in [6.07, 6.45) is 50.1. The molecule has 0 bridgehead atoms. The molecule has 3 atom stereocenters. The molecule has 0 aliphatic carbocycles. The van der Waals surface area contributed by atoms with E-state index in [2.05, 4.69) is 67.0 Å². The molecule has 0 amide bonds. The molecule has 0 aromatic carbocycles. The van der Waals surface area contributed by atoms with Crippen LogP contribution in [0, 0.1) is 0 Å². The molecule has 11 nitrogen and oxygen atoms in total. The second-order valence-corrected chi connectivity index (χ2v) is 17.0. The molecule has 60 heavy (non-hydrogen) atoms. The number of hydrogen-bond acceptors (Lipinski definition) is 9. The van der Waals surface area contributed by atoms with E-state index in [9.17, 15) is 23.8 Å². The molecular formula is C48H84NO10P. The smallest absolute Gasteiger partial charge is 0.472 e. The molecule has 0 saturated carbocycles. The number of carboxylic acid groups (broad SMARTS) is 1. The normalized spacial score (nSPS) is 14.2. The first kappa shape index (κ1) is 57.2. The van der Waals surface area contributed by atoms with Crippen molar-refractivity contribution in [2.75, 3.05) is 19.8 Å². The van der Waals surface area contributed by atoms with E-state index in [1.807, 2.05) is 12.2 Å². The molecule has 1 unspecified atom stereocenters. The number of aliphatic carboxylic acids is 1. The number of phosphoric acid groups is 1. The highest BCUT2D eigenvalue weighted by Gasteiger charge is 2.28. The number of carbonyl (C=O) groups is 3. The Morgan fingerprint density at radius 2 is 0.917 bits per heavy atom. The third kappa shape index (κ3) is 41.9. The van der Waals surface area contributed by atoms with Gasteiger partial charge in [-0.3, -0.25) is 23.4 Å². The summed E-state index contributed by atoms with van der Waals surface area (Å²) in [7, 11) is -4.74. The zero-order valence-corrected chi connectivity index (χ0v) is 38.4. The van der Waals surface area contributed by atoms with E-state index < -0.39 is 51.1 Å². The van der Waals surface area contributed by atoms with E-state index in [0.717, 1.165) is 51.4 Å². The largest absolute Gasteiger partial charge is 0.480 e. The lowest BCUT2D eigenvalue weighted by atomic mass is 10.0. The van der Waals surface area contributed by atoms with Gasteiger partial charge in [-0.15, -0.1) is 0 Å². The van der Waals surface area contributed by atoms with Crippen LogP contribution in [-0.2, 0) is 37.5 Å². The van der Waals surface area contributed by atoms with Crippen LogP contribution < -0.4 is 5.73 Å². The lowest BCUT2D eigenvalue weighted by molar-refractivity contribution is -0.161. The van der Waals surface area contributed by atoms with E-state index in [4.69, 9.17) is 24.8 Å². The molecule has 0 aromatic rings. The summed E-state index contributed by atoms with van der Waals surface area (Å²) in [4.78, 5) is 46.0. The number of rotatable bonds is 43. The van der Waals surface area contributed by atoms with Crippen molar-refractivity contribution in [3.63, 3.8) is 0 Å². The fourth-order valence-electron chi connectivity index (χ4n) is 6.11. The fourth-order valence-corrected chi connectivity index (χ4v) is 6.88. The van der Waals surface area contributed by atoms with E-state index in [1.165, 1.54) is 103 Å². The predicted molar refractivity (Wildman–Crippen MR) is 245 cm³/mol. The van der Waals surface area contributed by atoms with Crippen LogP contribution in [0.2, 0.25) is 0 Å². The van der Waals surface area contributed by atoms with Gasteiger partial charge in [-0.2, -0.15) is 0 Å². The highest BCUT2D eigenvalue weighted by atomic mass is 31.2. The van der Waals surface area contributed by atoms with Crippen molar-refractivity contribution in [2.45, 2.75) is 206 Å². The van der Waals surface area contributed by atoms with Crippen molar-refractivity contribution in [1.29, 1.82) is 0 Å². The lowest BCUT2D eigenvalue weighted by Crippen LogP contribution is -2.34. The quantitative estimate of drug-likeness (QED) is 0.0230. The van der Waals surface area contributed by atoms with Crippen LogP contribution in [0.1, 0.15) is 194 Å². The standard InChI is InChI=1S/C48H84NO10P/c1-3-5-7-9-11-13-15-17-19-21-22-24-26-28-30-32-34-36-38-40-47(51)59-44(42-57-60(54,55)58-43-45(49)48(52)53)41-56-46(50)39-37-35-33-31-29-27-25-23-20-18-16-14-12-10-8-6-4-2/h11,13,17,19,22,24,28,30,34,36,44-45H,3-10,12,14-16,18,20-21,23,25-27,29,31-33,35,37-43,49H2,1-2H3,(H,52,53)(H,54,55)/b13-11-,19-17-,24-22-,30-28-,36-34-/t44-,45+/m1/s1. The first-order chi connectivity index (χ1) is 29.1. The van der Waals surface area contributed by atoms with Gasteiger partial charge in [0.05, 0.1) is 13.2 Å². The Hall–Kier alpha value is -2.82. The van der Waals surface area contributed by atoms with Gasteiger partial charge in [0.2, 0.25) is 0 Å². The Morgan fingerprint density at radius 1 is 0.517 bits per heavy atom. The summed E-state index contributed by atoms with van der Waals surface area (Å²) in [6.45, 7) is 2.72. The van der Waals surface area contributed by atoms with Crippen LogP contribution in [0.5, 0.6) is 0 Å². The molecule has 0 spiro atoms. The molecule has 4 N–H and O–H groups in total. The summed E-state index contributed by atoms with van der Waals surface area (Å²) in [5.41, 5.74) is 5.33. The van der Waals surface area contributed by atoms with Gasteiger partial charge in [0, 0.05) is 12.8 Å². The van der Waals surface area contributed by atoms with Crippen LogP contribution in [0.3, 0.4) is 0 Å². The topological polar surface area (TPSA) is 172 Å². The van der Waals surface area contributed by atoms with E-state index in [0.29, 0.717) is 12.8 Å². The highest BCUT2D eigenvalue weighted by Crippen LogP contribution is 2.43. The minimum atomic E-state index is -4.74. The Labute approximate surface area is 364 Å². The molecular weight excluding hydrogens is 781 g/mol. The first-order valence-electron chi connectivity index (χ1n) is 23.3. The number of esters is 2. The molecule has 0 fully saturated rings. The Kier molecular flexibility index (Phi) is 40.8. The van der Waals surface area contributed by atoms with Gasteiger partial charge in [-0.05, 0) is 51.4 Å². The maximum Gasteiger partial charge on any atom is 0.472 e. The van der Waals surface area contributed by atoms with Gasteiger partial charge in [0.25, 0.3) is 0 Å². The first-order valence-corrected chi connectivity index (χ1v) is 24.8. The summed E-state index contributed by atoms with van der Waals surface area (Å²) in [5.74, 6) is -2.48. The van der Waals surface area contributed by atoms with Crippen LogP contribution in [-0.4, -0.2) is 59.9 Å². The molecule has 0 rings (SSSR count). The lowest BCUT2D eigenvalue weighted by Gasteiger charge is -2.20. The SMILES string of the molecule is CCCCC/C=C\C/C=C\C/C=C\C/C=C\C/C=C\CCC(=O)O[C@H](COC(=O)CCCCCCCCCCCCCCCCCCC)COP(=O)(O)OC[C@H](N)C(=O)O. The van der Waals surface area contributed by atoms with Gasteiger partial charge in [0.15, 0.2) is 6.10 Å². The molecule has 0 aliphatic heterocycles. The monoisotopic (exact) mass is 866 g/mol. The number of nitrogens with two attached hydrogens (primary N) is 1. The maximum atomic E-state index is 12.6. The average molecular weight is 866 g/mol. The number of unbranched alkanes of at least 4 members (excludes halogenated alkanes) is 19. The minimum absolute atomic E-state index is 0.0373. The van der Waals surface area contributed by atoms with Crippen molar-refractivity contribution in [2.24, 2.45) is 5.73 Å². The molecule has 0 radical (unpaired) electrons. The molecule has 0 aromatic heterocycles. The number of phosphoric ester groups is 1. The predicted octanol–water partition coefficient (Wildman–Crippen LogP) is 12.7. The third-order valence-electron chi connectivity index (χ3n) is 9.78. The molecule has 12 heteroatoms. The van der Waals surface area contributed by atoms with Crippen molar-refractivity contribution in [3.05, 3.63) is 60.8 Å². The summed E-state index contributed by atoms with van der Waals surface area (Å²) < 4.78 is 32.7. The third-order valence-corrected chi connectivity index (χ3v) is 10.7. The van der Waals surface area contributed by atoms with Crippen LogP contribution >= 0.6 is 7.82 Å². The molecule has 0 aliphatic rings. The second kappa shape index (κ2) is 42.9. The maximum absolute atomic E-state index is 12.6. The van der Waals surface area contributed by atoms with E-state index in [1.54, 1.807) is 0 Å². The number of allylic oxidation sites excluding steroid dienone is 10. The zero-order valence-electron chi connectivity index (χ0n) is 37.5. The number of carboxylic acids is 1. The van der Waals surface area contributed by atoms with E-state index in [-0.39, 0.29) is 19.4 Å². The molecule has 0 heterocycles. The summed E-state index contributed by atoms with van der Waals surface area (Å²) >= 11 is 0. The van der Waals surface area contributed by atoms with Crippen LogP contribution in [0.15, 0.2) is 60.8 Å². The molecule has 346 valence electrons. The van der Waals surface area contributed by atoms with Crippen molar-refractivity contribution in [1.82, 2.24) is 0 Å². The second-order valence-electron chi connectivity index (χ2n) is 15.5. The number of hydrogen-bond donors (Lipinski definition) is 3. The summed E-state index contributed by atoms with van der Waals surface area (Å²) in [5, 5.41) is 8.90.